The maximum absolute atomic E-state index is 13.2. The molecule has 1 amide bonds. The quantitative estimate of drug-likeness (QED) is 0.732. The van der Waals surface area contributed by atoms with Gasteiger partial charge >= 0.3 is 0 Å². The molecule has 1 aromatic heterocycles. The SMILES string of the molecule is Cc1cnc(N2CCC3(CCN(CCN4CCOCC4)C3=O)C2)nc1N(C)C. The summed E-state index contributed by atoms with van der Waals surface area (Å²) in [6.07, 6.45) is 3.72. The molecule has 0 N–H and O–H groups in total. The van der Waals surface area contributed by atoms with E-state index in [2.05, 4.69) is 19.7 Å². The molecular formula is C20H32N6O2. The minimum atomic E-state index is -0.252. The van der Waals surface area contributed by atoms with E-state index in [0.717, 1.165) is 89.2 Å². The van der Waals surface area contributed by atoms with E-state index in [1.54, 1.807) is 0 Å². The van der Waals surface area contributed by atoms with Gasteiger partial charge < -0.3 is 19.4 Å². The van der Waals surface area contributed by atoms with Crippen molar-refractivity contribution in [3.8, 4) is 0 Å². The number of aromatic nitrogens is 2. The summed E-state index contributed by atoms with van der Waals surface area (Å²) in [5.41, 5.74) is 0.811. The lowest BCUT2D eigenvalue weighted by Gasteiger charge is -2.29. The van der Waals surface area contributed by atoms with Crippen molar-refractivity contribution < 1.29 is 9.53 Å². The van der Waals surface area contributed by atoms with Crippen molar-refractivity contribution in [3.63, 3.8) is 0 Å². The van der Waals surface area contributed by atoms with E-state index in [0.29, 0.717) is 5.91 Å². The predicted octanol–water partition coefficient (Wildman–Crippen LogP) is 0.612. The van der Waals surface area contributed by atoms with Gasteiger partial charge in [-0.1, -0.05) is 0 Å². The minimum absolute atomic E-state index is 0.252. The summed E-state index contributed by atoms with van der Waals surface area (Å²) in [7, 11) is 3.99. The number of amides is 1. The van der Waals surface area contributed by atoms with Gasteiger partial charge in [-0.3, -0.25) is 9.69 Å². The van der Waals surface area contributed by atoms with Gasteiger partial charge in [0.1, 0.15) is 5.82 Å². The Morgan fingerprint density at radius 1 is 1.14 bits per heavy atom. The first kappa shape index (κ1) is 19.4. The van der Waals surface area contributed by atoms with Crippen LogP contribution in [0.1, 0.15) is 18.4 Å². The van der Waals surface area contributed by atoms with E-state index in [1.807, 2.05) is 32.1 Å². The molecule has 1 atom stereocenters. The van der Waals surface area contributed by atoms with Crippen molar-refractivity contribution in [3.05, 3.63) is 11.8 Å². The average molecular weight is 389 g/mol. The molecule has 3 aliphatic heterocycles. The topological polar surface area (TPSA) is 65.0 Å². The summed E-state index contributed by atoms with van der Waals surface area (Å²) < 4.78 is 5.41. The van der Waals surface area contributed by atoms with Crippen LogP contribution in [0, 0.1) is 12.3 Å². The number of ether oxygens (including phenoxy) is 1. The lowest BCUT2D eigenvalue weighted by molar-refractivity contribution is -0.135. The van der Waals surface area contributed by atoms with Crippen molar-refractivity contribution in [1.82, 2.24) is 19.8 Å². The van der Waals surface area contributed by atoms with Crippen LogP contribution in [-0.4, -0.2) is 98.8 Å². The molecule has 0 radical (unpaired) electrons. The van der Waals surface area contributed by atoms with Crippen LogP contribution in [-0.2, 0) is 9.53 Å². The van der Waals surface area contributed by atoms with Gasteiger partial charge in [-0.15, -0.1) is 0 Å². The Kier molecular flexibility index (Phi) is 5.42. The maximum atomic E-state index is 13.2. The zero-order valence-electron chi connectivity index (χ0n) is 17.4. The Balaban J connectivity index is 1.39. The summed E-state index contributed by atoms with van der Waals surface area (Å²) in [5.74, 6) is 2.00. The fraction of sp³-hybridized carbons (Fsp3) is 0.750. The Morgan fingerprint density at radius 3 is 2.64 bits per heavy atom. The molecule has 8 nitrogen and oxygen atoms in total. The predicted molar refractivity (Wildman–Crippen MR) is 109 cm³/mol. The van der Waals surface area contributed by atoms with Crippen LogP contribution in [0.2, 0.25) is 0 Å². The molecule has 28 heavy (non-hydrogen) atoms. The number of carbonyl (C=O) groups is 1. The summed E-state index contributed by atoms with van der Waals surface area (Å²) >= 11 is 0. The number of rotatable bonds is 5. The smallest absolute Gasteiger partial charge is 0.230 e. The maximum Gasteiger partial charge on any atom is 0.230 e. The fourth-order valence-electron chi connectivity index (χ4n) is 4.64. The van der Waals surface area contributed by atoms with Gasteiger partial charge in [0.15, 0.2) is 0 Å². The highest BCUT2D eigenvalue weighted by Gasteiger charge is 2.51. The standard InChI is InChI=1S/C20H32N6O2/c1-16-14-21-19(22-17(16)23(2)3)26-7-5-20(15-26)4-6-25(18(20)27)9-8-24-10-12-28-13-11-24/h14H,4-13,15H2,1-3H3. The van der Waals surface area contributed by atoms with E-state index >= 15 is 0 Å². The van der Waals surface area contributed by atoms with E-state index in [1.165, 1.54) is 0 Å². The molecular weight excluding hydrogens is 356 g/mol. The second kappa shape index (κ2) is 7.83. The van der Waals surface area contributed by atoms with Crippen LogP contribution in [0.5, 0.6) is 0 Å². The Morgan fingerprint density at radius 2 is 1.89 bits per heavy atom. The molecule has 8 heteroatoms. The van der Waals surface area contributed by atoms with Gasteiger partial charge in [-0.05, 0) is 19.8 Å². The fourth-order valence-corrected chi connectivity index (χ4v) is 4.64. The molecule has 1 spiro atoms. The third-order valence-electron chi connectivity index (χ3n) is 6.38. The number of hydrogen-bond acceptors (Lipinski definition) is 7. The zero-order valence-corrected chi connectivity index (χ0v) is 17.4. The Bertz CT molecular complexity index is 721. The molecule has 1 aromatic rings. The monoisotopic (exact) mass is 388 g/mol. The normalized spacial score (nSPS) is 25.9. The van der Waals surface area contributed by atoms with Crippen molar-refractivity contribution >= 4 is 17.7 Å². The Labute approximate surface area is 167 Å². The van der Waals surface area contributed by atoms with Crippen molar-refractivity contribution in [1.29, 1.82) is 0 Å². The number of morpholine rings is 1. The van der Waals surface area contributed by atoms with Gasteiger partial charge in [-0.25, -0.2) is 4.98 Å². The number of anilines is 2. The van der Waals surface area contributed by atoms with Crippen LogP contribution in [0.4, 0.5) is 11.8 Å². The van der Waals surface area contributed by atoms with Gasteiger partial charge in [0.2, 0.25) is 11.9 Å². The Hall–Kier alpha value is -1.93. The van der Waals surface area contributed by atoms with Crippen molar-refractivity contribution in [2.24, 2.45) is 5.41 Å². The second-order valence-corrected chi connectivity index (χ2v) is 8.52. The van der Waals surface area contributed by atoms with Crippen LogP contribution in [0.15, 0.2) is 6.20 Å². The van der Waals surface area contributed by atoms with Crippen molar-refractivity contribution in [2.45, 2.75) is 19.8 Å². The molecule has 0 saturated carbocycles. The first-order valence-corrected chi connectivity index (χ1v) is 10.3. The summed E-state index contributed by atoms with van der Waals surface area (Å²) in [4.78, 5) is 31.2. The molecule has 3 aliphatic rings. The van der Waals surface area contributed by atoms with Crippen LogP contribution >= 0.6 is 0 Å². The number of likely N-dealkylation sites (tertiary alicyclic amines) is 1. The van der Waals surface area contributed by atoms with E-state index < -0.39 is 0 Å². The lowest BCUT2D eigenvalue weighted by atomic mass is 9.85. The molecule has 3 saturated heterocycles. The number of nitrogens with zero attached hydrogens (tertiary/aromatic N) is 6. The highest BCUT2D eigenvalue weighted by molar-refractivity contribution is 5.86. The first-order chi connectivity index (χ1) is 13.5. The molecule has 154 valence electrons. The van der Waals surface area contributed by atoms with Crippen LogP contribution in [0.25, 0.3) is 0 Å². The molecule has 0 aromatic carbocycles. The highest BCUT2D eigenvalue weighted by atomic mass is 16.5. The van der Waals surface area contributed by atoms with E-state index in [-0.39, 0.29) is 5.41 Å². The second-order valence-electron chi connectivity index (χ2n) is 8.52. The summed E-state index contributed by atoms with van der Waals surface area (Å²) in [6.45, 7) is 9.80. The zero-order chi connectivity index (χ0) is 19.7. The van der Waals surface area contributed by atoms with Crippen LogP contribution < -0.4 is 9.80 Å². The third kappa shape index (κ3) is 3.67. The van der Waals surface area contributed by atoms with Crippen molar-refractivity contribution in [2.75, 3.05) is 82.9 Å². The first-order valence-electron chi connectivity index (χ1n) is 10.3. The minimum Gasteiger partial charge on any atom is -0.379 e. The van der Waals surface area contributed by atoms with Gasteiger partial charge in [0.25, 0.3) is 0 Å². The molecule has 4 rings (SSSR count). The molecule has 1 unspecified atom stereocenters. The van der Waals surface area contributed by atoms with E-state index in [9.17, 15) is 4.79 Å². The molecule has 3 fully saturated rings. The number of aryl methyl sites for hydroxylation is 1. The molecule has 4 heterocycles. The average Bonchev–Trinajstić information content (AvgIpc) is 3.26. The van der Waals surface area contributed by atoms with Gasteiger partial charge in [0.05, 0.1) is 18.6 Å². The number of carbonyl (C=O) groups excluding carboxylic acids is 1. The van der Waals surface area contributed by atoms with Gasteiger partial charge in [0, 0.05) is 71.7 Å². The molecule has 0 bridgehead atoms. The largest absolute Gasteiger partial charge is 0.379 e. The summed E-state index contributed by atoms with van der Waals surface area (Å²) in [6, 6.07) is 0. The highest BCUT2D eigenvalue weighted by Crippen LogP contribution is 2.41. The summed E-state index contributed by atoms with van der Waals surface area (Å²) in [5, 5.41) is 0. The van der Waals surface area contributed by atoms with Gasteiger partial charge in [-0.2, -0.15) is 4.98 Å². The third-order valence-corrected chi connectivity index (χ3v) is 6.38. The molecule has 0 aliphatic carbocycles. The van der Waals surface area contributed by atoms with E-state index in [4.69, 9.17) is 9.72 Å². The number of hydrogen-bond donors (Lipinski definition) is 0. The lowest BCUT2D eigenvalue weighted by Crippen LogP contribution is -2.43. The van der Waals surface area contributed by atoms with Crippen LogP contribution in [0.3, 0.4) is 0 Å².